The summed E-state index contributed by atoms with van der Waals surface area (Å²) in [5.41, 5.74) is 1.70. The molecule has 2 aromatic heterocycles. The highest BCUT2D eigenvalue weighted by Gasteiger charge is 2.27. The van der Waals surface area contributed by atoms with Gasteiger partial charge in [0.1, 0.15) is 11.5 Å². The van der Waals surface area contributed by atoms with E-state index >= 15 is 0 Å². The summed E-state index contributed by atoms with van der Waals surface area (Å²) >= 11 is 6.57. The van der Waals surface area contributed by atoms with Crippen LogP contribution in [-0.4, -0.2) is 31.4 Å². The number of nitrogens with zero attached hydrogens (tertiary/aromatic N) is 3. The highest BCUT2D eigenvalue weighted by molar-refractivity contribution is 6.38. The molecular formula is C22H21ClN4O2. The lowest BCUT2D eigenvalue weighted by atomic mass is 10.2. The lowest BCUT2D eigenvalue weighted by molar-refractivity contribution is 0.0676. The molecule has 0 fully saturated rings. The molecule has 0 saturated heterocycles. The summed E-state index contributed by atoms with van der Waals surface area (Å²) in [7, 11) is 1.83. The Morgan fingerprint density at radius 1 is 1.14 bits per heavy atom. The van der Waals surface area contributed by atoms with E-state index in [2.05, 4.69) is 9.97 Å². The second kappa shape index (κ2) is 7.37. The van der Waals surface area contributed by atoms with E-state index in [1.54, 1.807) is 23.1 Å². The Balaban J connectivity index is 1.76. The van der Waals surface area contributed by atoms with E-state index in [1.165, 1.54) is 0 Å². The lowest BCUT2D eigenvalue weighted by Gasteiger charge is -2.26. The number of amides is 1. The van der Waals surface area contributed by atoms with Crippen LogP contribution in [0.25, 0.3) is 21.8 Å². The number of carbonyl (C=O) groups is 1. The van der Waals surface area contributed by atoms with E-state index in [0.717, 1.165) is 10.9 Å². The highest BCUT2D eigenvalue weighted by atomic mass is 35.5. The number of benzene rings is 2. The van der Waals surface area contributed by atoms with Gasteiger partial charge < -0.3 is 14.5 Å². The SMILES string of the molecule is CC(C)N(Cc1nc2ccccc2c(=O)[nH]1)C(=O)c1c(Cl)c2ccccc2n1C. The summed E-state index contributed by atoms with van der Waals surface area (Å²) in [4.78, 5) is 34.8. The molecule has 7 heteroatoms. The Morgan fingerprint density at radius 2 is 1.79 bits per heavy atom. The average molecular weight is 409 g/mol. The molecule has 0 atom stereocenters. The van der Waals surface area contributed by atoms with Crippen LogP contribution in [0.3, 0.4) is 0 Å². The molecule has 0 aliphatic heterocycles. The molecule has 0 saturated carbocycles. The van der Waals surface area contributed by atoms with Gasteiger partial charge in [0.25, 0.3) is 11.5 Å². The van der Waals surface area contributed by atoms with Crippen LogP contribution in [-0.2, 0) is 13.6 Å². The lowest BCUT2D eigenvalue weighted by Crippen LogP contribution is -2.38. The molecule has 2 aromatic carbocycles. The fourth-order valence-electron chi connectivity index (χ4n) is 3.58. The molecule has 0 aliphatic rings. The van der Waals surface area contributed by atoms with Gasteiger partial charge >= 0.3 is 0 Å². The largest absolute Gasteiger partial charge is 0.338 e. The second-order valence-corrected chi connectivity index (χ2v) is 7.67. The molecule has 1 N–H and O–H groups in total. The van der Waals surface area contributed by atoms with Crippen molar-refractivity contribution in [3.8, 4) is 0 Å². The summed E-state index contributed by atoms with van der Waals surface area (Å²) in [5.74, 6) is 0.227. The Kier molecular flexibility index (Phi) is 4.88. The number of halogens is 1. The third-order valence-corrected chi connectivity index (χ3v) is 5.50. The van der Waals surface area contributed by atoms with E-state index < -0.39 is 0 Å². The summed E-state index contributed by atoms with van der Waals surface area (Å²) in [5, 5.41) is 1.79. The number of aryl methyl sites for hydroxylation is 1. The first-order valence-corrected chi connectivity index (χ1v) is 9.78. The monoisotopic (exact) mass is 408 g/mol. The minimum atomic E-state index is -0.218. The van der Waals surface area contributed by atoms with Crippen LogP contribution in [0.5, 0.6) is 0 Å². The summed E-state index contributed by atoms with van der Waals surface area (Å²) in [6.45, 7) is 4.02. The van der Waals surface area contributed by atoms with Crippen molar-refractivity contribution in [1.29, 1.82) is 0 Å². The molecule has 4 aromatic rings. The summed E-state index contributed by atoms with van der Waals surface area (Å²) in [6.07, 6.45) is 0. The minimum absolute atomic E-state index is 0.117. The predicted octanol–water partition coefficient (Wildman–Crippen LogP) is 4.12. The van der Waals surface area contributed by atoms with Crippen LogP contribution < -0.4 is 5.56 Å². The fraction of sp³-hybridized carbons (Fsp3) is 0.227. The van der Waals surface area contributed by atoms with Crippen molar-refractivity contribution in [2.75, 3.05) is 0 Å². The molecule has 1 amide bonds. The van der Waals surface area contributed by atoms with Gasteiger partial charge in [-0.05, 0) is 32.0 Å². The molecule has 0 bridgehead atoms. The first-order valence-electron chi connectivity index (χ1n) is 9.40. The number of H-pyrrole nitrogens is 1. The van der Waals surface area contributed by atoms with Crippen LogP contribution in [0.2, 0.25) is 5.02 Å². The van der Waals surface area contributed by atoms with Crippen molar-refractivity contribution in [2.24, 2.45) is 7.05 Å². The van der Waals surface area contributed by atoms with Crippen LogP contribution in [0, 0.1) is 0 Å². The molecule has 0 aliphatic carbocycles. The molecular weight excluding hydrogens is 388 g/mol. The van der Waals surface area contributed by atoms with Gasteiger partial charge in [-0.2, -0.15) is 0 Å². The molecule has 4 rings (SSSR count). The molecule has 0 radical (unpaired) electrons. The number of carbonyl (C=O) groups excluding carboxylic acids is 1. The standard InChI is InChI=1S/C22H21ClN4O2/c1-13(2)27(12-18-24-16-10-6-4-8-14(16)21(28)25-18)22(29)20-19(23)15-9-5-7-11-17(15)26(20)3/h4-11,13H,12H2,1-3H3,(H,24,25,28). The number of aromatic nitrogens is 3. The molecule has 29 heavy (non-hydrogen) atoms. The Bertz CT molecular complexity index is 1250. The van der Waals surface area contributed by atoms with Crippen LogP contribution in [0.15, 0.2) is 53.3 Å². The summed E-state index contributed by atoms with van der Waals surface area (Å²) in [6, 6.07) is 14.7. The van der Waals surface area contributed by atoms with E-state index in [1.807, 2.05) is 55.8 Å². The number of hydrogen-bond donors (Lipinski definition) is 1. The van der Waals surface area contributed by atoms with Crippen molar-refractivity contribution in [2.45, 2.75) is 26.4 Å². The van der Waals surface area contributed by atoms with Crippen molar-refractivity contribution in [3.05, 3.63) is 75.4 Å². The zero-order chi connectivity index (χ0) is 20.7. The maximum absolute atomic E-state index is 13.5. The minimum Gasteiger partial charge on any atom is -0.338 e. The van der Waals surface area contributed by atoms with Gasteiger partial charge in [-0.25, -0.2) is 4.98 Å². The predicted molar refractivity (Wildman–Crippen MR) is 115 cm³/mol. The molecule has 6 nitrogen and oxygen atoms in total. The van der Waals surface area contributed by atoms with Crippen molar-refractivity contribution in [1.82, 2.24) is 19.4 Å². The maximum atomic E-state index is 13.5. The number of para-hydroxylation sites is 2. The molecule has 0 spiro atoms. The van der Waals surface area contributed by atoms with Gasteiger partial charge in [0.2, 0.25) is 0 Å². The van der Waals surface area contributed by atoms with E-state index in [9.17, 15) is 9.59 Å². The Hall–Kier alpha value is -3.12. The zero-order valence-electron chi connectivity index (χ0n) is 16.4. The van der Waals surface area contributed by atoms with Crippen molar-refractivity contribution < 1.29 is 4.79 Å². The molecule has 148 valence electrons. The van der Waals surface area contributed by atoms with Gasteiger partial charge in [0, 0.05) is 24.0 Å². The fourth-order valence-corrected chi connectivity index (χ4v) is 3.95. The third kappa shape index (κ3) is 3.29. The van der Waals surface area contributed by atoms with E-state index in [0.29, 0.717) is 27.4 Å². The number of nitrogens with one attached hydrogen (secondary N) is 1. The number of rotatable bonds is 4. The smallest absolute Gasteiger partial charge is 0.272 e. The summed E-state index contributed by atoms with van der Waals surface area (Å²) < 4.78 is 1.81. The normalized spacial score (nSPS) is 11.5. The average Bonchev–Trinajstić information content (AvgIpc) is 2.96. The third-order valence-electron chi connectivity index (χ3n) is 5.11. The number of fused-ring (bicyclic) bond motifs is 2. The quantitative estimate of drug-likeness (QED) is 0.552. The Morgan fingerprint density at radius 3 is 2.48 bits per heavy atom. The molecule has 2 heterocycles. The van der Waals surface area contributed by atoms with E-state index in [4.69, 9.17) is 11.6 Å². The van der Waals surface area contributed by atoms with Gasteiger partial charge in [-0.15, -0.1) is 0 Å². The van der Waals surface area contributed by atoms with Gasteiger partial charge in [-0.1, -0.05) is 41.9 Å². The topological polar surface area (TPSA) is 71.0 Å². The van der Waals surface area contributed by atoms with Crippen molar-refractivity contribution >= 4 is 39.3 Å². The van der Waals surface area contributed by atoms with Gasteiger partial charge in [0.05, 0.1) is 22.5 Å². The van der Waals surface area contributed by atoms with Gasteiger partial charge in [-0.3, -0.25) is 9.59 Å². The first-order chi connectivity index (χ1) is 13.9. The van der Waals surface area contributed by atoms with Crippen LogP contribution in [0.4, 0.5) is 0 Å². The van der Waals surface area contributed by atoms with Crippen molar-refractivity contribution in [3.63, 3.8) is 0 Å². The van der Waals surface area contributed by atoms with Gasteiger partial charge in [0.15, 0.2) is 0 Å². The van der Waals surface area contributed by atoms with E-state index in [-0.39, 0.29) is 24.1 Å². The Labute approximate surface area is 172 Å². The molecule has 0 unspecified atom stereocenters. The van der Waals surface area contributed by atoms with Crippen LogP contribution in [0.1, 0.15) is 30.2 Å². The van der Waals surface area contributed by atoms with Crippen LogP contribution >= 0.6 is 11.6 Å². The zero-order valence-corrected chi connectivity index (χ0v) is 17.2. The number of aromatic amines is 1. The highest BCUT2D eigenvalue weighted by Crippen LogP contribution is 2.31. The second-order valence-electron chi connectivity index (χ2n) is 7.30. The number of hydrogen-bond acceptors (Lipinski definition) is 3. The maximum Gasteiger partial charge on any atom is 0.272 e. The first kappa shape index (κ1) is 19.2.